The summed E-state index contributed by atoms with van der Waals surface area (Å²) in [4.78, 5) is 34.5. The van der Waals surface area contributed by atoms with Gasteiger partial charge < -0.3 is 29.6 Å². The summed E-state index contributed by atoms with van der Waals surface area (Å²) in [5.74, 6) is 0.706. The molecule has 0 saturated carbocycles. The van der Waals surface area contributed by atoms with Crippen molar-refractivity contribution in [1.29, 1.82) is 0 Å². The Morgan fingerprint density at radius 1 is 1.15 bits per heavy atom. The normalized spacial score (nSPS) is 21.5. The van der Waals surface area contributed by atoms with Crippen molar-refractivity contribution in [3.8, 4) is 22.6 Å². The first-order chi connectivity index (χ1) is 18.8. The molecule has 11 heteroatoms. The molecule has 0 bridgehead atoms. The van der Waals surface area contributed by atoms with Crippen molar-refractivity contribution < 1.29 is 18.7 Å². The third kappa shape index (κ3) is 6.26. The Labute approximate surface area is 227 Å². The summed E-state index contributed by atoms with van der Waals surface area (Å²) in [6.07, 6.45) is 4.05. The zero-order valence-corrected chi connectivity index (χ0v) is 22.7. The van der Waals surface area contributed by atoms with Gasteiger partial charge in [-0.1, -0.05) is 0 Å². The van der Waals surface area contributed by atoms with E-state index in [9.17, 15) is 9.18 Å². The number of H-pyrrole nitrogens is 1. The van der Waals surface area contributed by atoms with Gasteiger partial charge in [-0.15, -0.1) is 0 Å². The van der Waals surface area contributed by atoms with E-state index < -0.39 is 11.7 Å². The van der Waals surface area contributed by atoms with Crippen molar-refractivity contribution in [3.05, 3.63) is 48.2 Å². The minimum absolute atomic E-state index is 0.0951. The summed E-state index contributed by atoms with van der Waals surface area (Å²) < 4.78 is 25.7. The van der Waals surface area contributed by atoms with Crippen LogP contribution in [-0.4, -0.2) is 84.2 Å². The number of nitrogens with zero attached hydrogens (tertiary/aromatic N) is 5. The minimum atomic E-state index is -0.804. The largest absolute Gasteiger partial charge is 0.355 e. The lowest BCUT2D eigenvalue weighted by atomic mass is 9.91. The second-order valence-corrected chi connectivity index (χ2v) is 10.7. The van der Waals surface area contributed by atoms with Gasteiger partial charge in [0.25, 0.3) is 0 Å². The van der Waals surface area contributed by atoms with Crippen molar-refractivity contribution in [2.24, 2.45) is 5.41 Å². The summed E-state index contributed by atoms with van der Waals surface area (Å²) in [6, 6.07) is 7.99. The molecule has 0 aliphatic carbocycles. The Morgan fingerprint density at radius 2 is 1.87 bits per heavy atom. The molecule has 2 fully saturated rings. The van der Waals surface area contributed by atoms with Gasteiger partial charge in [0, 0.05) is 31.4 Å². The van der Waals surface area contributed by atoms with Gasteiger partial charge in [-0.2, -0.15) is 0 Å². The Morgan fingerprint density at radius 3 is 2.56 bits per heavy atom. The summed E-state index contributed by atoms with van der Waals surface area (Å²) in [5, 5.41) is 2.99. The molecule has 2 saturated heterocycles. The van der Waals surface area contributed by atoms with E-state index in [1.54, 1.807) is 18.3 Å². The van der Waals surface area contributed by atoms with Crippen molar-refractivity contribution in [3.63, 3.8) is 0 Å². The maximum absolute atomic E-state index is 13.7. The average molecular weight is 538 g/mol. The topological polar surface area (TPSA) is 109 Å². The number of aromatic amines is 1. The lowest BCUT2D eigenvalue weighted by molar-refractivity contribution is -0.231. The molecule has 0 spiro atoms. The van der Waals surface area contributed by atoms with E-state index in [1.807, 2.05) is 27.1 Å². The Kier molecular flexibility index (Phi) is 8.20. The zero-order chi connectivity index (χ0) is 27.4. The van der Waals surface area contributed by atoms with Crippen LogP contribution in [-0.2, 0) is 14.3 Å². The van der Waals surface area contributed by atoms with Gasteiger partial charge in [-0.05, 0) is 77.2 Å². The molecule has 0 unspecified atom stereocenters. The fourth-order valence-electron chi connectivity index (χ4n) is 4.77. The maximum atomic E-state index is 13.7. The van der Waals surface area contributed by atoms with E-state index >= 15 is 0 Å². The fraction of sp³-hybridized carbons (Fsp3) is 0.500. The van der Waals surface area contributed by atoms with Gasteiger partial charge in [0.15, 0.2) is 5.82 Å². The van der Waals surface area contributed by atoms with Crippen LogP contribution in [0.2, 0.25) is 0 Å². The number of ether oxygens (including phenoxy) is 2. The first kappa shape index (κ1) is 27.2. The number of amides is 1. The second kappa shape index (κ2) is 11.8. The van der Waals surface area contributed by atoms with Crippen LogP contribution in [0.4, 0.5) is 10.3 Å². The highest BCUT2D eigenvalue weighted by atomic mass is 19.1. The molecule has 2 aromatic heterocycles. The van der Waals surface area contributed by atoms with Crippen LogP contribution >= 0.6 is 0 Å². The van der Waals surface area contributed by atoms with E-state index in [0.717, 1.165) is 44.5 Å². The SMILES string of the molecule is CN(C)CCCNC(=O)C1(C)COC(c2nc(-c3ccc(F)cc3)c(-c3ccnc(N4CCCC4)n3)[nH]2)OC1. The van der Waals surface area contributed by atoms with Crippen molar-refractivity contribution >= 4 is 11.9 Å². The van der Waals surface area contributed by atoms with E-state index in [0.29, 0.717) is 35.4 Å². The number of hydrogen-bond acceptors (Lipinski definition) is 8. The standard InChI is InChI=1S/C28H36FN7O3/c1-28(26(37)30-12-6-14-35(2)3)17-38-25(39-18-28)24-33-22(19-7-9-20(29)10-8-19)23(34-24)21-11-13-31-27(32-21)36-15-4-5-16-36/h7-11,13,25H,4-6,12,14-18H2,1-3H3,(H,30,37)(H,33,34). The minimum Gasteiger partial charge on any atom is -0.355 e. The summed E-state index contributed by atoms with van der Waals surface area (Å²) >= 11 is 0. The molecule has 39 heavy (non-hydrogen) atoms. The van der Waals surface area contributed by atoms with Crippen molar-refractivity contribution in [2.75, 3.05) is 58.4 Å². The molecule has 4 heterocycles. The first-order valence-corrected chi connectivity index (χ1v) is 13.4. The maximum Gasteiger partial charge on any atom is 0.230 e. The molecular weight excluding hydrogens is 501 g/mol. The van der Waals surface area contributed by atoms with Crippen LogP contribution in [0.1, 0.15) is 38.3 Å². The number of hydrogen-bond donors (Lipinski definition) is 2. The van der Waals surface area contributed by atoms with Crippen LogP contribution in [0, 0.1) is 11.2 Å². The monoisotopic (exact) mass is 537 g/mol. The smallest absolute Gasteiger partial charge is 0.230 e. The molecular formula is C28H36FN7O3. The molecule has 208 valence electrons. The van der Waals surface area contributed by atoms with E-state index in [1.165, 1.54) is 12.1 Å². The van der Waals surface area contributed by atoms with Crippen LogP contribution in [0.3, 0.4) is 0 Å². The lowest BCUT2D eigenvalue weighted by Gasteiger charge is -2.35. The fourth-order valence-corrected chi connectivity index (χ4v) is 4.77. The number of imidazole rings is 1. The molecule has 3 aromatic rings. The highest BCUT2D eigenvalue weighted by Gasteiger charge is 2.40. The first-order valence-electron chi connectivity index (χ1n) is 13.4. The van der Waals surface area contributed by atoms with E-state index in [4.69, 9.17) is 19.4 Å². The highest BCUT2D eigenvalue weighted by molar-refractivity contribution is 5.82. The second-order valence-electron chi connectivity index (χ2n) is 10.7. The number of carbonyl (C=O) groups is 1. The van der Waals surface area contributed by atoms with Gasteiger partial charge >= 0.3 is 0 Å². The average Bonchev–Trinajstić information content (AvgIpc) is 3.63. The predicted molar refractivity (Wildman–Crippen MR) is 145 cm³/mol. The molecule has 5 rings (SSSR count). The van der Waals surface area contributed by atoms with Crippen LogP contribution in [0.25, 0.3) is 22.6 Å². The molecule has 0 radical (unpaired) electrons. The molecule has 2 aliphatic heterocycles. The third-order valence-electron chi connectivity index (χ3n) is 7.07. The van der Waals surface area contributed by atoms with Gasteiger partial charge in [0.1, 0.15) is 5.82 Å². The van der Waals surface area contributed by atoms with E-state index in [2.05, 4.69) is 25.1 Å². The number of nitrogens with one attached hydrogen (secondary N) is 2. The Bertz CT molecular complexity index is 1270. The molecule has 1 aromatic carbocycles. The number of halogens is 1. The predicted octanol–water partition coefficient (Wildman–Crippen LogP) is 3.39. The Hall–Kier alpha value is -3.41. The number of rotatable bonds is 9. The van der Waals surface area contributed by atoms with Crippen LogP contribution in [0.5, 0.6) is 0 Å². The summed E-state index contributed by atoms with van der Waals surface area (Å²) in [7, 11) is 4.01. The number of carbonyl (C=O) groups excluding carboxylic acids is 1. The molecule has 0 atom stereocenters. The van der Waals surface area contributed by atoms with Gasteiger partial charge in [0.2, 0.25) is 18.1 Å². The third-order valence-corrected chi connectivity index (χ3v) is 7.07. The molecule has 2 aliphatic rings. The quantitative estimate of drug-likeness (QED) is 0.400. The molecule has 10 nitrogen and oxygen atoms in total. The van der Waals surface area contributed by atoms with Crippen molar-refractivity contribution in [2.45, 2.75) is 32.5 Å². The van der Waals surface area contributed by atoms with Crippen molar-refractivity contribution in [1.82, 2.24) is 30.2 Å². The van der Waals surface area contributed by atoms with Crippen LogP contribution < -0.4 is 10.2 Å². The molecule has 2 N–H and O–H groups in total. The van der Waals surface area contributed by atoms with Gasteiger partial charge in [-0.3, -0.25) is 4.79 Å². The number of aromatic nitrogens is 4. The lowest BCUT2D eigenvalue weighted by Crippen LogP contribution is -2.49. The van der Waals surface area contributed by atoms with Crippen LogP contribution in [0.15, 0.2) is 36.5 Å². The van der Waals surface area contributed by atoms with Gasteiger partial charge in [0.05, 0.1) is 35.7 Å². The van der Waals surface area contributed by atoms with E-state index in [-0.39, 0.29) is 24.9 Å². The summed E-state index contributed by atoms with van der Waals surface area (Å²) in [6.45, 7) is 5.55. The van der Waals surface area contributed by atoms with Gasteiger partial charge in [-0.25, -0.2) is 19.3 Å². The number of anilines is 1. The molecule has 1 amide bonds. The highest BCUT2D eigenvalue weighted by Crippen LogP contribution is 2.36. The Balaban J connectivity index is 1.35. The zero-order valence-electron chi connectivity index (χ0n) is 22.7. The number of benzene rings is 1. The summed E-state index contributed by atoms with van der Waals surface area (Å²) in [5.41, 5.74) is 1.87.